The van der Waals surface area contributed by atoms with E-state index in [1.807, 2.05) is 0 Å². The molecule has 3 rings (SSSR count). The Morgan fingerprint density at radius 3 is 2.59 bits per heavy atom. The normalized spacial score (nSPS) is 12.4. The van der Waals surface area contributed by atoms with Gasteiger partial charge in [-0.1, -0.05) is 29.5 Å². The second kappa shape index (κ2) is 7.55. The largest absolute Gasteiger partial charge is 0.313 e. The number of aromatic nitrogens is 1. The first-order valence-electron chi connectivity index (χ1n) is 7.87. The molecule has 0 aliphatic heterocycles. The van der Waals surface area contributed by atoms with Crippen molar-refractivity contribution in [2.75, 3.05) is 0 Å². The number of hydrogen-bond acceptors (Lipinski definition) is 4. The van der Waals surface area contributed by atoms with Crippen molar-refractivity contribution in [2.45, 2.75) is 17.9 Å². The van der Waals surface area contributed by atoms with Gasteiger partial charge in [-0.15, -0.1) is 6.58 Å². The molecule has 0 bridgehead atoms. The van der Waals surface area contributed by atoms with Gasteiger partial charge in [0.05, 0.1) is 21.5 Å². The second-order valence-corrected chi connectivity index (χ2v) is 8.34. The lowest BCUT2D eigenvalue weighted by atomic mass is 10.1. The smallest absolute Gasteiger partial charge is 0.252 e. The van der Waals surface area contributed by atoms with E-state index in [4.69, 9.17) is 5.14 Å². The van der Waals surface area contributed by atoms with E-state index in [0.29, 0.717) is 21.6 Å². The first-order valence-corrected chi connectivity index (χ1v) is 10.2. The minimum Gasteiger partial charge on any atom is -0.313 e. The zero-order valence-electron chi connectivity index (χ0n) is 14.1. The summed E-state index contributed by atoms with van der Waals surface area (Å²) < 4.78 is 38.5. The first kappa shape index (κ1) is 19.2. The Morgan fingerprint density at radius 2 is 1.96 bits per heavy atom. The molecule has 1 amide bonds. The molecule has 0 unspecified atom stereocenters. The summed E-state index contributed by atoms with van der Waals surface area (Å²) >= 11 is 1.18. The summed E-state index contributed by atoms with van der Waals surface area (Å²) in [6.07, 6.45) is 1.69. The number of carbonyl (C=O) groups is 1. The van der Waals surface area contributed by atoms with Crippen molar-refractivity contribution < 1.29 is 17.6 Å². The van der Waals surface area contributed by atoms with Crippen molar-refractivity contribution in [3.63, 3.8) is 0 Å². The molecule has 0 aliphatic carbocycles. The molecular formula is C18H16FN3O3S2. The lowest BCUT2D eigenvalue weighted by molar-refractivity contribution is -0.117. The van der Waals surface area contributed by atoms with Crippen LogP contribution < -0.4 is 9.94 Å². The van der Waals surface area contributed by atoms with Gasteiger partial charge in [-0.2, -0.15) is 4.99 Å². The van der Waals surface area contributed by atoms with Gasteiger partial charge in [0.1, 0.15) is 5.82 Å². The number of benzene rings is 2. The van der Waals surface area contributed by atoms with E-state index >= 15 is 0 Å². The number of halogens is 1. The van der Waals surface area contributed by atoms with Gasteiger partial charge in [-0.05, 0) is 35.9 Å². The molecule has 0 atom stereocenters. The zero-order chi connectivity index (χ0) is 19.6. The van der Waals surface area contributed by atoms with E-state index in [1.54, 1.807) is 16.7 Å². The van der Waals surface area contributed by atoms with E-state index in [9.17, 15) is 17.6 Å². The van der Waals surface area contributed by atoms with Crippen LogP contribution in [0.1, 0.15) is 5.56 Å². The SMILES string of the molecule is C=CCn1c(=NC(=O)Cc2ccc(F)cc2)sc2cc(S(N)(=O)=O)ccc21. The Hall–Kier alpha value is -2.62. The molecule has 0 saturated heterocycles. The third-order valence-electron chi connectivity index (χ3n) is 3.78. The summed E-state index contributed by atoms with van der Waals surface area (Å²) in [7, 11) is -3.83. The minimum absolute atomic E-state index is 0.00816. The molecule has 1 heterocycles. The Kier molecular flexibility index (Phi) is 5.36. The molecule has 9 heteroatoms. The number of sulfonamides is 1. The molecule has 2 aromatic carbocycles. The lowest BCUT2D eigenvalue weighted by Gasteiger charge is -2.02. The maximum Gasteiger partial charge on any atom is 0.252 e. The van der Waals surface area contributed by atoms with Crippen LogP contribution in [0.2, 0.25) is 0 Å². The molecule has 0 aliphatic rings. The number of fused-ring (bicyclic) bond motifs is 1. The summed E-state index contributed by atoms with van der Waals surface area (Å²) in [6.45, 7) is 4.10. The van der Waals surface area contributed by atoms with Crippen LogP contribution in [-0.2, 0) is 27.8 Å². The zero-order valence-corrected chi connectivity index (χ0v) is 15.8. The molecule has 6 nitrogen and oxygen atoms in total. The van der Waals surface area contributed by atoms with Gasteiger partial charge in [0.2, 0.25) is 10.0 Å². The van der Waals surface area contributed by atoms with Gasteiger partial charge in [-0.3, -0.25) is 4.79 Å². The van der Waals surface area contributed by atoms with Crippen LogP contribution in [0.4, 0.5) is 4.39 Å². The monoisotopic (exact) mass is 405 g/mol. The molecule has 0 fully saturated rings. The number of carbonyl (C=O) groups excluding carboxylic acids is 1. The Bertz CT molecular complexity index is 1190. The first-order chi connectivity index (χ1) is 12.8. The number of primary sulfonamides is 1. The average molecular weight is 405 g/mol. The molecular weight excluding hydrogens is 389 g/mol. The van der Waals surface area contributed by atoms with Gasteiger partial charge in [0, 0.05) is 6.54 Å². The van der Waals surface area contributed by atoms with Gasteiger partial charge in [0.15, 0.2) is 4.80 Å². The van der Waals surface area contributed by atoms with E-state index in [2.05, 4.69) is 11.6 Å². The van der Waals surface area contributed by atoms with E-state index in [0.717, 1.165) is 5.52 Å². The van der Waals surface area contributed by atoms with Crippen LogP contribution in [-0.4, -0.2) is 18.9 Å². The number of nitrogens with zero attached hydrogens (tertiary/aromatic N) is 2. The fraction of sp³-hybridized carbons (Fsp3) is 0.111. The highest BCUT2D eigenvalue weighted by molar-refractivity contribution is 7.89. The third-order valence-corrected chi connectivity index (χ3v) is 5.74. The van der Waals surface area contributed by atoms with E-state index < -0.39 is 15.9 Å². The minimum atomic E-state index is -3.83. The maximum absolute atomic E-state index is 13.0. The Labute approximate surface area is 159 Å². The van der Waals surface area contributed by atoms with Crippen LogP contribution >= 0.6 is 11.3 Å². The van der Waals surface area contributed by atoms with Crippen LogP contribution in [0.3, 0.4) is 0 Å². The second-order valence-electron chi connectivity index (χ2n) is 5.77. The van der Waals surface area contributed by atoms with Gasteiger partial charge >= 0.3 is 0 Å². The molecule has 0 radical (unpaired) electrons. The topological polar surface area (TPSA) is 94.5 Å². The van der Waals surface area contributed by atoms with E-state index in [1.165, 1.54) is 47.7 Å². The Morgan fingerprint density at radius 1 is 1.26 bits per heavy atom. The van der Waals surface area contributed by atoms with Gasteiger partial charge in [0.25, 0.3) is 5.91 Å². The maximum atomic E-state index is 13.0. The lowest BCUT2D eigenvalue weighted by Crippen LogP contribution is -2.17. The van der Waals surface area contributed by atoms with Crippen LogP contribution in [0.5, 0.6) is 0 Å². The third kappa shape index (κ3) is 4.38. The molecule has 140 valence electrons. The molecule has 3 aromatic rings. The predicted molar refractivity (Wildman–Crippen MR) is 102 cm³/mol. The fourth-order valence-electron chi connectivity index (χ4n) is 2.54. The summed E-state index contributed by atoms with van der Waals surface area (Å²) in [4.78, 5) is 16.9. The molecule has 27 heavy (non-hydrogen) atoms. The van der Waals surface area contributed by atoms with Crippen LogP contribution in [0.15, 0.2) is 65.0 Å². The number of nitrogens with two attached hydrogens (primary N) is 1. The van der Waals surface area contributed by atoms with Crippen molar-refractivity contribution >= 4 is 37.5 Å². The highest BCUT2D eigenvalue weighted by atomic mass is 32.2. The number of thiazole rings is 1. The van der Waals surface area contributed by atoms with Crippen LogP contribution in [0.25, 0.3) is 10.2 Å². The van der Waals surface area contributed by atoms with Crippen molar-refractivity contribution in [1.82, 2.24) is 4.57 Å². The quantitative estimate of drug-likeness (QED) is 0.660. The van der Waals surface area contributed by atoms with Crippen molar-refractivity contribution in [1.29, 1.82) is 0 Å². The van der Waals surface area contributed by atoms with Gasteiger partial charge in [-0.25, -0.2) is 17.9 Å². The standard InChI is InChI=1S/C18H16FN3O3S2/c1-2-9-22-15-8-7-14(27(20,24)25)11-16(15)26-18(22)21-17(23)10-12-3-5-13(19)6-4-12/h2-8,11H,1,9-10H2,(H2,20,24,25). The predicted octanol–water partition coefficient (Wildman–Crippen LogP) is 2.35. The summed E-state index contributed by atoms with van der Waals surface area (Å²) in [5.74, 6) is -0.764. The van der Waals surface area contributed by atoms with Gasteiger partial charge < -0.3 is 4.57 Å². The number of rotatable bonds is 5. The van der Waals surface area contributed by atoms with Crippen molar-refractivity contribution in [3.05, 3.63) is 71.3 Å². The highest BCUT2D eigenvalue weighted by Crippen LogP contribution is 2.21. The van der Waals surface area contributed by atoms with Crippen molar-refractivity contribution in [2.24, 2.45) is 10.1 Å². The molecule has 0 spiro atoms. The molecule has 2 N–H and O–H groups in total. The van der Waals surface area contributed by atoms with E-state index in [-0.39, 0.29) is 17.1 Å². The van der Waals surface area contributed by atoms with Crippen molar-refractivity contribution in [3.8, 4) is 0 Å². The average Bonchev–Trinajstić information content (AvgIpc) is 2.93. The Balaban J connectivity index is 2.04. The number of allylic oxidation sites excluding steroid dienone is 1. The summed E-state index contributed by atoms with van der Waals surface area (Å²) in [5, 5.41) is 5.18. The molecule has 0 saturated carbocycles. The fourth-order valence-corrected chi connectivity index (χ4v) is 4.25. The van der Waals surface area contributed by atoms with Crippen LogP contribution in [0, 0.1) is 5.82 Å². The summed E-state index contributed by atoms with van der Waals surface area (Å²) in [5.41, 5.74) is 1.37. The number of amides is 1. The molecule has 1 aromatic heterocycles. The highest BCUT2D eigenvalue weighted by Gasteiger charge is 2.13. The summed E-state index contributed by atoms with van der Waals surface area (Å²) in [6, 6.07) is 10.1. The number of hydrogen-bond donors (Lipinski definition) is 1.